The number of imide groups is 1. The van der Waals surface area contributed by atoms with Gasteiger partial charge in [-0.15, -0.1) is 0 Å². The van der Waals surface area contributed by atoms with E-state index in [4.69, 9.17) is 9.26 Å². The Kier molecular flexibility index (Phi) is 5.26. The van der Waals surface area contributed by atoms with Crippen molar-refractivity contribution in [3.05, 3.63) is 59.2 Å². The van der Waals surface area contributed by atoms with Gasteiger partial charge < -0.3 is 14.2 Å². The minimum atomic E-state index is -0.356. The van der Waals surface area contributed by atoms with Gasteiger partial charge in [0, 0.05) is 18.3 Å². The Balaban J connectivity index is 1.46. The molecule has 1 aromatic carbocycles. The molecule has 1 saturated heterocycles. The molecule has 9 nitrogen and oxygen atoms in total. The molecule has 0 bridgehead atoms. The van der Waals surface area contributed by atoms with Crippen molar-refractivity contribution in [2.24, 2.45) is 0 Å². The van der Waals surface area contributed by atoms with Crippen LogP contribution in [0, 0.1) is 13.8 Å². The van der Waals surface area contributed by atoms with Gasteiger partial charge in [0.05, 0.1) is 30.7 Å². The Morgan fingerprint density at radius 1 is 1.13 bits per heavy atom. The summed E-state index contributed by atoms with van der Waals surface area (Å²) < 4.78 is 12.3. The number of hydrogen-bond donors (Lipinski definition) is 0. The van der Waals surface area contributed by atoms with E-state index in [1.807, 2.05) is 45.0 Å². The van der Waals surface area contributed by atoms with Gasteiger partial charge in [0.1, 0.15) is 18.1 Å². The average molecular weight is 409 g/mol. The molecule has 0 spiro atoms. The van der Waals surface area contributed by atoms with Crippen molar-refractivity contribution in [2.45, 2.75) is 33.9 Å². The average Bonchev–Trinajstić information content (AvgIpc) is 3.38. The van der Waals surface area contributed by atoms with Crippen molar-refractivity contribution in [2.75, 3.05) is 18.1 Å². The Labute approximate surface area is 173 Å². The first-order chi connectivity index (χ1) is 14.5. The highest BCUT2D eigenvalue weighted by Crippen LogP contribution is 2.24. The second-order valence-corrected chi connectivity index (χ2v) is 7.14. The quantitative estimate of drug-likeness (QED) is 0.557. The number of carbonyl (C=O) groups is 2. The molecule has 3 heterocycles. The van der Waals surface area contributed by atoms with Gasteiger partial charge in [-0.05, 0) is 38.5 Å². The van der Waals surface area contributed by atoms with E-state index in [-0.39, 0.29) is 18.5 Å². The number of nitrogens with zero attached hydrogens (tertiary/aromatic N) is 5. The Morgan fingerprint density at radius 2 is 1.90 bits per heavy atom. The van der Waals surface area contributed by atoms with Crippen LogP contribution >= 0.6 is 0 Å². The van der Waals surface area contributed by atoms with E-state index in [2.05, 4.69) is 10.3 Å². The summed E-state index contributed by atoms with van der Waals surface area (Å²) in [5, 5.41) is 8.23. The van der Waals surface area contributed by atoms with Crippen molar-refractivity contribution in [3.8, 4) is 5.75 Å². The summed E-state index contributed by atoms with van der Waals surface area (Å²) >= 11 is 0. The van der Waals surface area contributed by atoms with Crippen molar-refractivity contribution in [3.63, 3.8) is 0 Å². The first-order valence-electron chi connectivity index (χ1n) is 9.74. The molecule has 0 radical (unpaired) electrons. The van der Waals surface area contributed by atoms with E-state index in [1.165, 1.54) is 16.0 Å². The Bertz CT molecular complexity index is 1050. The lowest BCUT2D eigenvalue weighted by atomic mass is 10.2. The zero-order valence-corrected chi connectivity index (χ0v) is 17.2. The van der Waals surface area contributed by atoms with E-state index in [9.17, 15) is 9.59 Å². The molecule has 2 aromatic heterocycles. The Morgan fingerprint density at radius 3 is 2.57 bits per heavy atom. The minimum absolute atomic E-state index is 0.0289. The summed E-state index contributed by atoms with van der Waals surface area (Å²) in [5.41, 5.74) is 3.10. The molecule has 3 amide bonds. The third kappa shape index (κ3) is 3.78. The van der Waals surface area contributed by atoms with Crippen LogP contribution in [-0.4, -0.2) is 44.9 Å². The predicted molar refractivity (Wildman–Crippen MR) is 108 cm³/mol. The lowest BCUT2D eigenvalue weighted by Crippen LogP contribution is -2.32. The van der Waals surface area contributed by atoms with Gasteiger partial charge in [0.15, 0.2) is 0 Å². The van der Waals surface area contributed by atoms with Crippen LogP contribution in [0.15, 0.2) is 41.2 Å². The van der Waals surface area contributed by atoms with Gasteiger partial charge in [0.25, 0.3) is 5.91 Å². The van der Waals surface area contributed by atoms with Crippen LogP contribution in [0.3, 0.4) is 0 Å². The summed E-state index contributed by atoms with van der Waals surface area (Å²) in [4.78, 5) is 28.1. The molecule has 0 saturated carbocycles. The summed E-state index contributed by atoms with van der Waals surface area (Å²) in [7, 11) is 0. The molecule has 30 heavy (non-hydrogen) atoms. The molecule has 4 rings (SSSR count). The number of hydrogen-bond acceptors (Lipinski definition) is 6. The maximum atomic E-state index is 12.9. The molecular formula is C21H23N5O4. The van der Waals surface area contributed by atoms with Gasteiger partial charge in [-0.2, -0.15) is 5.10 Å². The fourth-order valence-corrected chi connectivity index (χ4v) is 3.45. The van der Waals surface area contributed by atoms with Crippen molar-refractivity contribution < 1.29 is 18.8 Å². The summed E-state index contributed by atoms with van der Waals surface area (Å²) in [6.45, 7) is 7.05. The highest BCUT2D eigenvalue weighted by molar-refractivity contribution is 6.19. The summed E-state index contributed by atoms with van der Waals surface area (Å²) in [5.74, 6) is 1.22. The number of benzene rings is 1. The van der Waals surface area contributed by atoms with E-state index in [0.717, 1.165) is 28.3 Å². The zero-order valence-electron chi connectivity index (χ0n) is 17.2. The molecule has 156 valence electrons. The maximum Gasteiger partial charge on any atom is 0.332 e. The lowest BCUT2D eigenvalue weighted by Gasteiger charge is -2.16. The number of anilines is 1. The normalized spacial score (nSPS) is 14.1. The summed E-state index contributed by atoms with van der Waals surface area (Å²) in [6.07, 6.45) is 3.20. The van der Waals surface area contributed by atoms with E-state index in [1.54, 1.807) is 10.9 Å². The number of carbonyl (C=O) groups excluding carboxylic acids is 2. The fraction of sp³-hybridized carbons (Fsp3) is 0.333. The van der Waals surface area contributed by atoms with Crippen molar-refractivity contribution in [1.29, 1.82) is 0 Å². The van der Waals surface area contributed by atoms with Crippen LogP contribution in [0.25, 0.3) is 0 Å². The topological polar surface area (TPSA) is 93.7 Å². The number of ether oxygens (including phenoxy) is 1. The third-order valence-electron chi connectivity index (χ3n) is 5.02. The van der Waals surface area contributed by atoms with Crippen LogP contribution in [0.4, 0.5) is 10.5 Å². The van der Waals surface area contributed by atoms with E-state index >= 15 is 0 Å². The smallest absolute Gasteiger partial charge is 0.332 e. The Hall–Kier alpha value is -3.62. The standard InChI is InChI=1S/C21H23N5O4/c1-4-29-18-7-5-16(6-8-18)10-24-13-20(27)26(21(24)28)17-9-22-25(11-17)12-19-14(2)23-30-15(19)3/h5-9,11H,4,10,12-13H2,1-3H3. The molecule has 1 fully saturated rings. The molecular weight excluding hydrogens is 386 g/mol. The van der Waals surface area contributed by atoms with Crippen LogP contribution < -0.4 is 9.64 Å². The number of aryl methyl sites for hydroxylation is 2. The van der Waals surface area contributed by atoms with Crippen molar-refractivity contribution >= 4 is 17.6 Å². The first kappa shape index (κ1) is 19.7. The second kappa shape index (κ2) is 8.02. The fourth-order valence-electron chi connectivity index (χ4n) is 3.45. The van der Waals surface area contributed by atoms with Gasteiger partial charge in [0.2, 0.25) is 0 Å². The predicted octanol–water partition coefficient (Wildman–Crippen LogP) is 2.90. The lowest BCUT2D eigenvalue weighted by molar-refractivity contribution is -0.116. The third-order valence-corrected chi connectivity index (χ3v) is 5.02. The van der Waals surface area contributed by atoms with Crippen LogP contribution in [0.5, 0.6) is 5.75 Å². The highest BCUT2D eigenvalue weighted by Gasteiger charge is 2.37. The number of rotatable bonds is 7. The molecule has 0 N–H and O–H groups in total. The minimum Gasteiger partial charge on any atom is -0.494 e. The van der Waals surface area contributed by atoms with Gasteiger partial charge >= 0.3 is 6.03 Å². The SMILES string of the molecule is CCOc1ccc(CN2CC(=O)N(c3cnn(Cc4c(C)noc4C)c3)C2=O)cc1. The molecule has 9 heteroatoms. The largest absolute Gasteiger partial charge is 0.494 e. The molecule has 0 aliphatic carbocycles. The first-order valence-corrected chi connectivity index (χ1v) is 9.74. The monoisotopic (exact) mass is 409 g/mol. The number of aromatic nitrogens is 3. The molecule has 0 unspecified atom stereocenters. The van der Waals surface area contributed by atoms with Gasteiger partial charge in [-0.3, -0.25) is 9.48 Å². The molecule has 1 aliphatic rings. The van der Waals surface area contributed by atoms with E-state index in [0.29, 0.717) is 25.4 Å². The van der Waals surface area contributed by atoms with Gasteiger partial charge in [-0.1, -0.05) is 17.3 Å². The molecule has 0 atom stereocenters. The second-order valence-electron chi connectivity index (χ2n) is 7.14. The maximum absolute atomic E-state index is 12.9. The van der Waals surface area contributed by atoms with Crippen molar-refractivity contribution in [1.82, 2.24) is 19.8 Å². The van der Waals surface area contributed by atoms with Crippen LogP contribution in [-0.2, 0) is 17.9 Å². The molecule has 1 aliphatic heterocycles. The number of amides is 3. The number of urea groups is 1. The van der Waals surface area contributed by atoms with Crippen LogP contribution in [0.1, 0.15) is 29.5 Å². The zero-order chi connectivity index (χ0) is 21.3. The molecule has 3 aromatic rings. The highest BCUT2D eigenvalue weighted by atomic mass is 16.5. The summed E-state index contributed by atoms with van der Waals surface area (Å²) in [6, 6.07) is 7.15. The van der Waals surface area contributed by atoms with E-state index < -0.39 is 0 Å². The van der Waals surface area contributed by atoms with Gasteiger partial charge in [-0.25, -0.2) is 9.69 Å². The van der Waals surface area contributed by atoms with Crippen LogP contribution in [0.2, 0.25) is 0 Å².